The molecule has 4 nitrogen and oxygen atoms in total. The third-order valence-electron chi connectivity index (χ3n) is 2.28. The van der Waals surface area contributed by atoms with Gasteiger partial charge in [0, 0.05) is 14.2 Å². The van der Waals surface area contributed by atoms with Crippen LogP contribution >= 0.6 is 7.60 Å². The Morgan fingerprint density at radius 3 is 1.94 bits per heavy atom. The van der Waals surface area contributed by atoms with Gasteiger partial charge in [0.25, 0.3) is 0 Å². The number of benzene rings is 1. The Morgan fingerprint density at radius 1 is 1.06 bits per heavy atom. The summed E-state index contributed by atoms with van der Waals surface area (Å²) < 4.78 is 27.6. The molecule has 1 aromatic carbocycles. The molecule has 0 unspecified atom stereocenters. The zero-order chi connectivity index (χ0) is 13.8. The molecule has 0 spiro atoms. The maximum absolute atomic E-state index is 12.0. The van der Waals surface area contributed by atoms with Gasteiger partial charge in [-0.3, -0.25) is 4.57 Å². The lowest BCUT2D eigenvalue weighted by atomic mass is 10.2. The second kappa shape index (κ2) is 6.02. The predicted molar refractivity (Wildman–Crippen MR) is 75.7 cm³/mol. The van der Waals surface area contributed by atoms with E-state index >= 15 is 0 Å². The van der Waals surface area contributed by atoms with Crippen LogP contribution < -0.4 is 4.43 Å². The first-order valence-corrected chi connectivity index (χ1v) is 10.9. The van der Waals surface area contributed by atoms with Crippen molar-refractivity contribution in [2.45, 2.75) is 25.8 Å². The minimum absolute atomic E-state index is 0.271. The summed E-state index contributed by atoms with van der Waals surface area (Å²) in [5.41, 5.74) is 0.907. The van der Waals surface area contributed by atoms with Crippen molar-refractivity contribution in [2.75, 3.05) is 14.2 Å². The van der Waals surface area contributed by atoms with Crippen LogP contribution in [0.5, 0.6) is 5.75 Å². The summed E-state index contributed by atoms with van der Waals surface area (Å²) in [5.74, 6) is 0.850. The third kappa shape index (κ3) is 4.94. The van der Waals surface area contributed by atoms with Gasteiger partial charge >= 0.3 is 7.60 Å². The average molecular weight is 288 g/mol. The van der Waals surface area contributed by atoms with Crippen LogP contribution in [0, 0.1) is 0 Å². The van der Waals surface area contributed by atoms with Crippen molar-refractivity contribution < 1.29 is 18.0 Å². The summed E-state index contributed by atoms with van der Waals surface area (Å²) in [5, 5.41) is 0. The Bertz CT molecular complexity index is 417. The second-order valence-electron chi connectivity index (χ2n) is 4.99. The molecule has 0 aliphatic rings. The summed E-state index contributed by atoms with van der Waals surface area (Å²) in [7, 11) is -1.78. The number of hydrogen-bond acceptors (Lipinski definition) is 4. The van der Waals surface area contributed by atoms with Gasteiger partial charge in [-0.2, -0.15) is 0 Å². The first kappa shape index (κ1) is 15.4. The quantitative estimate of drug-likeness (QED) is 0.588. The van der Waals surface area contributed by atoms with Crippen LogP contribution in [-0.2, 0) is 19.8 Å². The summed E-state index contributed by atoms with van der Waals surface area (Å²) >= 11 is 0. The van der Waals surface area contributed by atoms with Gasteiger partial charge in [0.2, 0.25) is 8.32 Å². The topological polar surface area (TPSA) is 44.8 Å². The van der Waals surface area contributed by atoms with E-state index in [0.717, 1.165) is 11.3 Å². The van der Waals surface area contributed by atoms with Crippen molar-refractivity contribution in [3.05, 3.63) is 29.8 Å². The third-order valence-corrected chi connectivity index (χ3v) is 4.99. The van der Waals surface area contributed by atoms with Crippen LogP contribution in [0.1, 0.15) is 5.56 Å². The largest absolute Gasteiger partial charge is 0.544 e. The van der Waals surface area contributed by atoms with Gasteiger partial charge in [-0.05, 0) is 37.3 Å². The minimum atomic E-state index is -2.99. The monoisotopic (exact) mass is 288 g/mol. The molecule has 0 aromatic heterocycles. The Labute approximate surface area is 110 Å². The molecule has 0 heterocycles. The first-order chi connectivity index (χ1) is 8.28. The molecule has 6 heteroatoms. The number of hydrogen-bond donors (Lipinski definition) is 0. The molecule has 102 valence electrons. The van der Waals surface area contributed by atoms with Gasteiger partial charge in [0.1, 0.15) is 5.75 Å². The summed E-state index contributed by atoms with van der Waals surface area (Å²) in [6.07, 6.45) is 0.271. The fourth-order valence-corrected chi connectivity index (χ4v) is 3.35. The smallest absolute Gasteiger partial charge is 0.334 e. The zero-order valence-corrected chi connectivity index (χ0v) is 13.5. The highest BCUT2D eigenvalue weighted by molar-refractivity contribution is 7.52. The standard InChI is InChI=1S/C12H21O4PSi/c1-14-17(13,15-2)10-11-6-8-12(9-7-11)16-18(3,4)5/h6-9H,10H2,1-5H3. The fourth-order valence-electron chi connectivity index (χ4n) is 1.44. The van der Waals surface area contributed by atoms with Crippen LogP contribution in [0.15, 0.2) is 24.3 Å². The average Bonchev–Trinajstić information content (AvgIpc) is 2.30. The van der Waals surface area contributed by atoms with Gasteiger partial charge in [-0.15, -0.1) is 0 Å². The highest BCUT2D eigenvalue weighted by atomic mass is 31.2. The fraction of sp³-hybridized carbons (Fsp3) is 0.500. The SMILES string of the molecule is COP(=O)(Cc1ccc(O[Si](C)(C)C)cc1)OC. The van der Waals surface area contributed by atoms with E-state index in [1.165, 1.54) is 14.2 Å². The molecular formula is C12H21O4PSi. The van der Waals surface area contributed by atoms with Gasteiger partial charge in [-0.1, -0.05) is 12.1 Å². The normalized spacial score (nSPS) is 12.5. The highest BCUT2D eigenvalue weighted by Crippen LogP contribution is 2.49. The van der Waals surface area contributed by atoms with E-state index in [4.69, 9.17) is 13.5 Å². The van der Waals surface area contributed by atoms with Gasteiger partial charge in [0.15, 0.2) is 0 Å². The molecule has 0 saturated carbocycles. The Hall–Kier alpha value is -0.613. The van der Waals surface area contributed by atoms with E-state index in [0.29, 0.717) is 0 Å². The highest BCUT2D eigenvalue weighted by Gasteiger charge is 2.21. The maximum Gasteiger partial charge on any atom is 0.334 e. The van der Waals surface area contributed by atoms with Crippen molar-refractivity contribution in [1.29, 1.82) is 0 Å². The van der Waals surface area contributed by atoms with Gasteiger partial charge in [0.05, 0.1) is 6.16 Å². The van der Waals surface area contributed by atoms with Crippen molar-refractivity contribution in [2.24, 2.45) is 0 Å². The lowest BCUT2D eigenvalue weighted by molar-refractivity contribution is 0.275. The number of rotatable bonds is 6. The Balaban J connectivity index is 2.75. The molecule has 0 atom stereocenters. The molecule has 0 aliphatic carbocycles. The zero-order valence-electron chi connectivity index (χ0n) is 11.6. The lowest BCUT2D eigenvalue weighted by Crippen LogP contribution is -2.29. The van der Waals surface area contributed by atoms with Crippen molar-refractivity contribution in [3.8, 4) is 5.75 Å². The molecule has 0 aliphatic heterocycles. The van der Waals surface area contributed by atoms with E-state index in [1.54, 1.807) is 0 Å². The molecule has 0 bridgehead atoms. The molecule has 0 radical (unpaired) electrons. The van der Waals surface area contributed by atoms with Gasteiger partial charge in [-0.25, -0.2) is 0 Å². The first-order valence-electron chi connectivity index (χ1n) is 5.76. The predicted octanol–water partition coefficient (Wildman–Crippen LogP) is 3.89. The van der Waals surface area contributed by atoms with Crippen LogP contribution in [0.4, 0.5) is 0 Å². The van der Waals surface area contributed by atoms with Crippen molar-refractivity contribution in [3.63, 3.8) is 0 Å². The maximum atomic E-state index is 12.0. The molecule has 0 N–H and O–H groups in total. The Kier molecular flexibility index (Phi) is 5.17. The summed E-state index contributed by atoms with van der Waals surface area (Å²) in [6, 6.07) is 7.56. The summed E-state index contributed by atoms with van der Waals surface area (Å²) in [6.45, 7) is 6.39. The lowest BCUT2D eigenvalue weighted by Gasteiger charge is -2.19. The second-order valence-corrected chi connectivity index (χ2v) is 11.7. The van der Waals surface area contributed by atoms with Crippen LogP contribution in [0.3, 0.4) is 0 Å². The van der Waals surface area contributed by atoms with E-state index in [1.807, 2.05) is 24.3 Å². The van der Waals surface area contributed by atoms with Gasteiger partial charge < -0.3 is 13.5 Å². The van der Waals surface area contributed by atoms with Crippen LogP contribution in [0.25, 0.3) is 0 Å². The molecule has 1 aromatic rings. The molecule has 0 amide bonds. The van der Waals surface area contributed by atoms with E-state index in [2.05, 4.69) is 19.6 Å². The molecular weight excluding hydrogens is 267 g/mol. The molecule has 0 fully saturated rings. The Morgan fingerprint density at radius 2 is 1.56 bits per heavy atom. The van der Waals surface area contributed by atoms with Crippen molar-refractivity contribution in [1.82, 2.24) is 0 Å². The summed E-state index contributed by atoms with van der Waals surface area (Å²) in [4.78, 5) is 0. The molecule has 1 rings (SSSR count). The van der Waals surface area contributed by atoms with E-state index in [-0.39, 0.29) is 6.16 Å². The van der Waals surface area contributed by atoms with E-state index in [9.17, 15) is 4.57 Å². The van der Waals surface area contributed by atoms with Crippen molar-refractivity contribution >= 4 is 15.9 Å². The molecule has 0 saturated heterocycles. The molecule has 18 heavy (non-hydrogen) atoms. The van der Waals surface area contributed by atoms with E-state index < -0.39 is 15.9 Å². The van der Waals surface area contributed by atoms with Crippen LogP contribution in [-0.4, -0.2) is 22.5 Å². The minimum Gasteiger partial charge on any atom is -0.544 e. The van der Waals surface area contributed by atoms with Crippen LogP contribution in [0.2, 0.25) is 19.6 Å².